The second-order valence-electron chi connectivity index (χ2n) is 6.12. The van der Waals surface area contributed by atoms with Gasteiger partial charge in [0.25, 0.3) is 0 Å². The summed E-state index contributed by atoms with van der Waals surface area (Å²) in [6, 6.07) is -4.18. The second kappa shape index (κ2) is 13.9. The number of amides is 3. The van der Waals surface area contributed by atoms with Gasteiger partial charge in [0.2, 0.25) is 17.7 Å². The number of carboxylic acids is 1. The van der Waals surface area contributed by atoms with Gasteiger partial charge in [-0.2, -0.15) is 25.3 Å². The van der Waals surface area contributed by atoms with Crippen molar-refractivity contribution in [3.8, 4) is 0 Å². The molecule has 4 atom stereocenters. The van der Waals surface area contributed by atoms with Crippen molar-refractivity contribution in [2.24, 2.45) is 22.2 Å². The number of nitrogens with zero attached hydrogens (tertiary/aromatic N) is 1. The highest BCUT2D eigenvalue weighted by molar-refractivity contribution is 7.80. The van der Waals surface area contributed by atoms with E-state index in [0.29, 0.717) is 6.42 Å². The van der Waals surface area contributed by atoms with Crippen LogP contribution in [0.15, 0.2) is 4.99 Å². The Morgan fingerprint density at radius 3 is 1.76 bits per heavy atom. The molecule has 0 aliphatic rings. The fraction of sp³-hybridized carbons (Fsp3) is 0.667. The molecule has 0 bridgehead atoms. The van der Waals surface area contributed by atoms with Crippen LogP contribution in [0.3, 0.4) is 0 Å². The summed E-state index contributed by atoms with van der Waals surface area (Å²) in [5, 5.41) is 16.4. The van der Waals surface area contributed by atoms with Crippen molar-refractivity contribution in [3.05, 3.63) is 0 Å². The third-order valence-corrected chi connectivity index (χ3v) is 4.33. The summed E-state index contributed by atoms with van der Waals surface area (Å²) in [6.45, 7) is 1.66. The Bertz CT molecular complexity index is 614. The molecule has 0 aromatic rings. The largest absolute Gasteiger partial charge is 0.480 e. The van der Waals surface area contributed by atoms with Crippen LogP contribution in [0.2, 0.25) is 0 Å². The number of carboxylic acid groups (broad SMARTS) is 1. The molecule has 0 aliphatic carbocycles. The predicted molar refractivity (Wildman–Crippen MR) is 115 cm³/mol. The average Bonchev–Trinajstić information content (AvgIpc) is 2.65. The van der Waals surface area contributed by atoms with E-state index in [1.165, 1.54) is 6.92 Å². The number of aliphatic imine (C=N–C) groups is 1. The normalized spacial score (nSPS) is 14.6. The molecule has 10 N–H and O–H groups in total. The molecule has 29 heavy (non-hydrogen) atoms. The summed E-state index contributed by atoms with van der Waals surface area (Å²) in [4.78, 5) is 51.4. The number of hydrogen-bond donors (Lipinski definition) is 9. The molecule has 0 saturated carbocycles. The Kier molecular flexibility index (Phi) is 12.8. The number of carbonyl (C=O) groups excluding carboxylic acids is 3. The molecule has 0 fully saturated rings. The lowest BCUT2D eigenvalue weighted by molar-refractivity contribution is -0.142. The Balaban J connectivity index is 4.89. The molecule has 3 amide bonds. The van der Waals surface area contributed by atoms with Gasteiger partial charge in [0.05, 0.1) is 6.04 Å². The number of hydrogen-bond acceptors (Lipinski definition) is 8. The molecule has 0 saturated heterocycles. The van der Waals surface area contributed by atoms with Crippen LogP contribution in [-0.2, 0) is 19.2 Å². The van der Waals surface area contributed by atoms with Gasteiger partial charge in [-0.1, -0.05) is 0 Å². The minimum absolute atomic E-state index is 0.0340. The highest BCUT2D eigenvalue weighted by Gasteiger charge is 2.28. The fourth-order valence-corrected chi connectivity index (χ4v) is 2.51. The molecule has 12 nitrogen and oxygen atoms in total. The van der Waals surface area contributed by atoms with Crippen LogP contribution in [0.1, 0.15) is 19.8 Å². The Morgan fingerprint density at radius 1 is 0.931 bits per heavy atom. The van der Waals surface area contributed by atoms with E-state index in [9.17, 15) is 24.3 Å². The van der Waals surface area contributed by atoms with Crippen LogP contribution in [0.25, 0.3) is 0 Å². The summed E-state index contributed by atoms with van der Waals surface area (Å²) in [7, 11) is 0. The van der Waals surface area contributed by atoms with Crippen LogP contribution in [0.4, 0.5) is 0 Å². The SMILES string of the molecule is CC(N)C(=O)NC(CS)C(=O)NC(CS)C(=O)NC(CCCN=C(N)N)C(=O)O. The summed E-state index contributed by atoms with van der Waals surface area (Å²) in [5.41, 5.74) is 15.8. The summed E-state index contributed by atoms with van der Waals surface area (Å²) >= 11 is 8.02. The third-order valence-electron chi connectivity index (χ3n) is 3.60. The van der Waals surface area contributed by atoms with Gasteiger partial charge in [0.1, 0.15) is 18.1 Å². The van der Waals surface area contributed by atoms with Gasteiger partial charge in [-0.3, -0.25) is 19.4 Å². The lowest BCUT2D eigenvalue weighted by Crippen LogP contribution is -2.58. The molecular formula is C15H29N7O5S2. The Labute approximate surface area is 179 Å². The fourth-order valence-electron chi connectivity index (χ4n) is 2.00. The molecule has 0 aromatic carbocycles. The van der Waals surface area contributed by atoms with Gasteiger partial charge in [-0.05, 0) is 19.8 Å². The van der Waals surface area contributed by atoms with Crippen molar-refractivity contribution < 1.29 is 24.3 Å². The lowest BCUT2D eigenvalue weighted by atomic mass is 10.1. The van der Waals surface area contributed by atoms with E-state index in [2.05, 4.69) is 46.2 Å². The van der Waals surface area contributed by atoms with Crippen molar-refractivity contribution >= 4 is 54.9 Å². The van der Waals surface area contributed by atoms with Gasteiger partial charge in [0.15, 0.2) is 5.96 Å². The van der Waals surface area contributed by atoms with E-state index in [4.69, 9.17) is 17.2 Å². The summed E-state index contributed by atoms with van der Waals surface area (Å²) < 4.78 is 0. The first-order chi connectivity index (χ1) is 13.5. The molecule has 0 spiro atoms. The molecule has 0 aromatic heterocycles. The quantitative estimate of drug-likeness (QED) is 0.0599. The van der Waals surface area contributed by atoms with E-state index in [-0.39, 0.29) is 30.4 Å². The van der Waals surface area contributed by atoms with Crippen LogP contribution in [0.5, 0.6) is 0 Å². The molecule has 0 radical (unpaired) electrons. The van der Waals surface area contributed by atoms with Crippen molar-refractivity contribution in [2.45, 2.75) is 43.9 Å². The van der Waals surface area contributed by atoms with E-state index in [1.54, 1.807) is 0 Å². The van der Waals surface area contributed by atoms with Gasteiger partial charge in [0, 0.05) is 18.1 Å². The zero-order valence-electron chi connectivity index (χ0n) is 16.0. The third kappa shape index (κ3) is 10.8. The first-order valence-electron chi connectivity index (χ1n) is 8.70. The zero-order chi connectivity index (χ0) is 22.6. The smallest absolute Gasteiger partial charge is 0.326 e. The maximum absolute atomic E-state index is 12.4. The topological polar surface area (TPSA) is 215 Å². The van der Waals surface area contributed by atoms with Crippen LogP contribution >= 0.6 is 25.3 Å². The monoisotopic (exact) mass is 451 g/mol. The molecule has 0 aliphatic heterocycles. The molecule has 14 heteroatoms. The van der Waals surface area contributed by atoms with Crippen molar-refractivity contribution in [1.82, 2.24) is 16.0 Å². The maximum atomic E-state index is 12.4. The van der Waals surface area contributed by atoms with E-state index in [1.807, 2.05) is 0 Å². The van der Waals surface area contributed by atoms with Crippen LogP contribution in [0, 0.1) is 0 Å². The number of guanidine groups is 1. The first kappa shape index (κ1) is 26.8. The molecule has 4 unspecified atom stereocenters. The van der Waals surface area contributed by atoms with Gasteiger partial charge in [-0.25, -0.2) is 4.79 Å². The Morgan fingerprint density at radius 2 is 1.38 bits per heavy atom. The highest BCUT2D eigenvalue weighted by Crippen LogP contribution is 2.01. The molecule has 0 rings (SSSR count). The lowest BCUT2D eigenvalue weighted by Gasteiger charge is -2.23. The van der Waals surface area contributed by atoms with Crippen molar-refractivity contribution in [3.63, 3.8) is 0 Å². The number of nitrogens with one attached hydrogen (secondary N) is 3. The number of rotatable bonds is 13. The van der Waals surface area contributed by atoms with Crippen molar-refractivity contribution in [1.29, 1.82) is 0 Å². The number of carbonyl (C=O) groups is 4. The second-order valence-corrected chi connectivity index (χ2v) is 6.85. The van der Waals surface area contributed by atoms with Gasteiger partial charge in [-0.15, -0.1) is 0 Å². The number of thiol groups is 2. The number of aliphatic carboxylic acids is 1. The van der Waals surface area contributed by atoms with Crippen LogP contribution in [-0.4, -0.2) is 77.0 Å². The van der Waals surface area contributed by atoms with Gasteiger partial charge >= 0.3 is 5.97 Å². The average molecular weight is 452 g/mol. The van der Waals surface area contributed by atoms with Crippen molar-refractivity contribution in [2.75, 3.05) is 18.1 Å². The van der Waals surface area contributed by atoms with Crippen LogP contribution < -0.4 is 33.2 Å². The molecular weight excluding hydrogens is 422 g/mol. The van der Waals surface area contributed by atoms with E-state index < -0.39 is 47.9 Å². The Hall–Kier alpha value is -2.19. The predicted octanol–water partition coefficient (Wildman–Crippen LogP) is -3.21. The van der Waals surface area contributed by atoms with Gasteiger partial charge < -0.3 is 38.3 Å². The molecule has 166 valence electrons. The van der Waals surface area contributed by atoms with E-state index >= 15 is 0 Å². The van der Waals surface area contributed by atoms with E-state index in [0.717, 1.165) is 0 Å². The standard InChI is InChI=1S/C15H29N7O5S2/c1-7(16)11(23)21-9(5-28)13(25)22-10(6-29)12(24)20-8(14(26)27)3-2-4-19-15(17)18/h7-10,28-29H,2-6,16H2,1H3,(H,20,24)(H,21,23)(H,22,25)(H,26,27)(H4,17,18,19). The maximum Gasteiger partial charge on any atom is 0.326 e. The molecule has 0 heterocycles. The zero-order valence-corrected chi connectivity index (χ0v) is 17.8. The minimum Gasteiger partial charge on any atom is -0.480 e. The summed E-state index contributed by atoms with van der Waals surface area (Å²) in [5.74, 6) is -3.47. The minimum atomic E-state index is -1.25. The first-order valence-corrected chi connectivity index (χ1v) is 9.96. The number of nitrogens with two attached hydrogens (primary N) is 3. The summed E-state index contributed by atoms with van der Waals surface area (Å²) in [6.07, 6.45) is 0.396. The highest BCUT2D eigenvalue weighted by atomic mass is 32.1.